The van der Waals surface area contributed by atoms with Crippen molar-refractivity contribution in [2.45, 2.75) is 25.3 Å². The van der Waals surface area contributed by atoms with Gasteiger partial charge >= 0.3 is 0 Å². The Bertz CT molecular complexity index is 302. The Morgan fingerprint density at radius 1 is 1.43 bits per heavy atom. The van der Waals surface area contributed by atoms with Crippen molar-refractivity contribution in [3.63, 3.8) is 0 Å². The van der Waals surface area contributed by atoms with E-state index < -0.39 is 0 Å². The van der Waals surface area contributed by atoms with Crippen LogP contribution >= 0.6 is 0 Å². The molecule has 0 aliphatic carbocycles. The molecule has 0 amide bonds. The lowest BCUT2D eigenvalue weighted by Crippen LogP contribution is -2.26. The molecule has 0 unspecified atom stereocenters. The van der Waals surface area contributed by atoms with Gasteiger partial charge in [-0.2, -0.15) is 0 Å². The van der Waals surface area contributed by atoms with Gasteiger partial charge in [0, 0.05) is 12.2 Å². The number of nitrogens with zero attached hydrogens (tertiary/aromatic N) is 1. The quantitative estimate of drug-likeness (QED) is 0.722. The first-order chi connectivity index (χ1) is 6.90. The van der Waals surface area contributed by atoms with Crippen LogP contribution in [0.5, 0.6) is 0 Å². The lowest BCUT2D eigenvalue weighted by Gasteiger charge is -2.23. The first kappa shape index (κ1) is 9.34. The third-order valence-corrected chi connectivity index (χ3v) is 2.64. The Labute approximate surface area is 83.5 Å². The maximum atomic E-state index is 10.4. The molecule has 0 spiro atoms. The molecule has 2 rings (SSSR count). The maximum Gasteiger partial charge on any atom is 0.168 e. The standard InChI is InChI=1S/C11H14N2O/c14-8-10-5-4-9(7-13-10)11-3-1-2-6-12-11/h4-5,7-8,11-12H,1-3,6H2/t11-/m1/s1. The summed E-state index contributed by atoms with van der Waals surface area (Å²) in [6.07, 6.45) is 6.27. The van der Waals surface area contributed by atoms with Gasteiger partial charge in [0.25, 0.3) is 0 Å². The predicted octanol–water partition coefficient (Wildman–Crippen LogP) is 1.71. The minimum Gasteiger partial charge on any atom is -0.310 e. The summed E-state index contributed by atoms with van der Waals surface area (Å²) >= 11 is 0. The molecule has 1 N–H and O–H groups in total. The van der Waals surface area contributed by atoms with Crippen molar-refractivity contribution >= 4 is 6.29 Å². The molecule has 1 atom stereocenters. The highest BCUT2D eigenvalue weighted by atomic mass is 16.1. The van der Waals surface area contributed by atoms with E-state index >= 15 is 0 Å². The predicted molar refractivity (Wildman–Crippen MR) is 54.2 cm³/mol. The summed E-state index contributed by atoms with van der Waals surface area (Å²) in [4.78, 5) is 14.5. The normalized spacial score (nSPS) is 21.9. The van der Waals surface area contributed by atoms with Crippen LogP contribution in [-0.4, -0.2) is 17.8 Å². The second-order valence-corrected chi connectivity index (χ2v) is 3.64. The van der Waals surface area contributed by atoms with E-state index in [0.717, 1.165) is 12.8 Å². The fourth-order valence-corrected chi connectivity index (χ4v) is 1.83. The van der Waals surface area contributed by atoms with Crippen LogP contribution in [-0.2, 0) is 0 Å². The molecule has 1 saturated heterocycles. The highest BCUT2D eigenvalue weighted by Crippen LogP contribution is 2.21. The largest absolute Gasteiger partial charge is 0.310 e. The van der Waals surface area contributed by atoms with Crippen molar-refractivity contribution in [1.82, 2.24) is 10.3 Å². The summed E-state index contributed by atoms with van der Waals surface area (Å²) in [6, 6.07) is 4.19. The average molecular weight is 190 g/mol. The summed E-state index contributed by atoms with van der Waals surface area (Å²) in [5.74, 6) is 0. The summed E-state index contributed by atoms with van der Waals surface area (Å²) in [5, 5.41) is 3.44. The van der Waals surface area contributed by atoms with Crippen molar-refractivity contribution in [2.75, 3.05) is 6.54 Å². The van der Waals surface area contributed by atoms with Crippen molar-refractivity contribution in [3.8, 4) is 0 Å². The van der Waals surface area contributed by atoms with Crippen molar-refractivity contribution < 1.29 is 4.79 Å². The molecule has 1 aliphatic heterocycles. The van der Waals surface area contributed by atoms with E-state index in [1.165, 1.54) is 24.8 Å². The molecular formula is C11H14N2O. The Morgan fingerprint density at radius 2 is 2.36 bits per heavy atom. The number of pyridine rings is 1. The number of carbonyl (C=O) groups excluding carboxylic acids is 1. The van der Waals surface area contributed by atoms with Crippen LogP contribution in [0.1, 0.15) is 41.4 Å². The number of hydrogen-bond acceptors (Lipinski definition) is 3. The number of aldehydes is 1. The Balaban J connectivity index is 2.11. The van der Waals surface area contributed by atoms with E-state index in [1.54, 1.807) is 12.3 Å². The minimum atomic E-state index is 0.428. The SMILES string of the molecule is O=Cc1ccc([C@H]2CCCCN2)cn1. The number of hydrogen-bond donors (Lipinski definition) is 1. The van der Waals surface area contributed by atoms with Gasteiger partial charge in [-0.05, 0) is 31.0 Å². The van der Waals surface area contributed by atoms with Crippen LogP contribution in [0, 0.1) is 0 Å². The zero-order valence-electron chi connectivity index (χ0n) is 8.07. The molecule has 1 fully saturated rings. The second kappa shape index (κ2) is 4.33. The molecule has 1 aliphatic rings. The van der Waals surface area contributed by atoms with E-state index in [4.69, 9.17) is 0 Å². The monoisotopic (exact) mass is 190 g/mol. The van der Waals surface area contributed by atoms with E-state index in [-0.39, 0.29) is 0 Å². The lowest BCUT2D eigenvalue weighted by molar-refractivity contribution is 0.111. The van der Waals surface area contributed by atoms with E-state index in [9.17, 15) is 4.79 Å². The second-order valence-electron chi connectivity index (χ2n) is 3.64. The Hall–Kier alpha value is -1.22. The average Bonchev–Trinajstić information content (AvgIpc) is 2.30. The fraction of sp³-hybridized carbons (Fsp3) is 0.455. The summed E-state index contributed by atoms with van der Waals surface area (Å²) in [6.45, 7) is 1.08. The molecular weight excluding hydrogens is 176 g/mol. The Morgan fingerprint density at radius 3 is 2.93 bits per heavy atom. The van der Waals surface area contributed by atoms with E-state index in [2.05, 4.69) is 10.3 Å². The third-order valence-electron chi connectivity index (χ3n) is 2.64. The first-order valence-corrected chi connectivity index (χ1v) is 5.04. The van der Waals surface area contributed by atoms with Crippen LogP contribution in [0.2, 0.25) is 0 Å². The summed E-state index contributed by atoms with van der Waals surface area (Å²) in [7, 11) is 0. The number of rotatable bonds is 2. The molecule has 0 bridgehead atoms. The minimum absolute atomic E-state index is 0.428. The topological polar surface area (TPSA) is 42.0 Å². The molecule has 3 heteroatoms. The van der Waals surface area contributed by atoms with Gasteiger partial charge in [-0.25, -0.2) is 0 Å². The molecule has 74 valence electrons. The lowest BCUT2D eigenvalue weighted by atomic mass is 9.99. The van der Waals surface area contributed by atoms with Gasteiger partial charge in [-0.1, -0.05) is 12.5 Å². The molecule has 0 saturated carbocycles. The smallest absolute Gasteiger partial charge is 0.168 e. The van der Waals surface area contributed by atoms with E-state index in [1.807, 2.05) is 6.07 Å². The van der Waals surface area contributed by atoms with Crippen LogP contribution in [0.15, 0.2) is 18.3 Å². The molecule has 3 nitrogen and oxygen atoms in total. The van der Waals surface area contributed by atoms with Gasteiger partial charge in [0.05, 0.1) is 0 Å². The fourth-order valence-electron chi connectivity index (χ4n) is 1.83. The number of piperidine rings is 1. The van der Waals surface area contributed by atoms with Gasteiger partial charge < -0.3 is 5.32 Å². The van der Waals surface area contributed by atoms with Gasteiger partial charge in [0.2, 0.25) is 0 Å². The number of nitrogens with one attached hydrogen (secondary N) is 1. The van der Waals surface area contributed by atoms with Crippen LogP contribution in [0.3, 0.4) is 0 Å². The van der Waals surface area contributed by atoms with Crippen LogP contribution in [0.25, 0.3) is 0 Å². The first-order valence-electron chi connectivity index (χ1n) is 5.04. The number of aromatic nitrogens is 1. The summed E-state index contributed by atoms with van der Waals surface area (Å²) < 4.78 is 0. The zero-order valence-corrected chi connectivity index (χ0v) is 8.07. The number of carbonyl (C=O) groups is 1. The van der Waals surface area contributed by atoms with Gasteiger partial charge in [0.1, 0.15) is 5.69 Å². The van der Waals surface area contributed by atoms with Gasteiger partial charge in [0.15, 0.2) is 6.29 Å². The Kier molecular flexibility index (Phi) is 2.89. The molecule has 0 aromatic carbocycles. The van der Waals surface area contributed by atoms with Crippen molar-refractivity contribution in [3.05, 3.63) is 29.6 Å². The maximum absolute atomic E-state index is 10.4. The molecule has 1 aromatic rings. The molecule has 2 heterocycles. The van der Waals surface area contributed by atoms with Gasteiger partial charge in [-0.3, -0.25) is 9.78 Å². The zero-order chi connectivity index (χ0) is 9.80. The summed E-state index contributed by atoms with van der Waals surface area (Å²) in [5.41, 5.74) is 1.69. The molecule has 0 radical (unpaired) electrons. The molecule has 1 aromatic heterocycles. The van der Waals surface area contributed by atoms with Crippen molar-refractivity contribution in [2.24, 2.45) is 0 Å². The van der Waals surface area contributed by atoms with Crippen LogP contribution in [0.4, 0.5) is 0 Å². The highest BCUT2D eigenvalue weighted by Gasteiger charge is 2.14. The van der Waals surface area contributed by atoms with E-state index in [0.29, 0.717) is 11.7 Å². The van der Waals surface area contributed by atoms with Gasteiger partial charge in [-0.15, -0.1) is 0 Å². The molecule has 14 heavy (non-hydrogen) atoms. The van der Waals surface area contributed by atoms with Crippen LogP contribution < -0.4 is 5.32 Å². The highest BCUT2D eigenvalue weighted by molar-refractivity contribution is 5.71. The van der Waals surface area contributed by atoms with Crippen molar-refractivity contribution in [1.29, 1.82) is 0 Å². The third kappa shape index (κ3) is 1.99.